The lowest BCUT2D eigenvalue weighted by atomic mass is 10.2. The molecular weight excluding hydrogens is 595 g/mol. The van der Waals surface area contributed by atoms with Crippen LogP contribution in [0.15, 0.2) is 29.2 Å². The molecule has 0 saturated heterocycles. The lowest BCUT2D eigenvalue weighted by molar-refractivity contribution is -0.0207. The predicted molar refractivity (Wildman–Crippen MR) is 139 cm³/mol. The average Bonchev–Trinajstić information content (AvgIpc) is 2.84. The van der Waals surface area contributed by atoms with E-state index >= 15 is 0 Å². The lowest BCUT2D eigenvalue weighted by Crippen LogP contribution is -2.15. The van der Waals surface area contributed by atoms with E-state index in [1.54, 1.807) is 12.1 Å². The molecule has 0 bridgehead atoms. The van der Waals surface area contributed by atoms with Crippen LogP contribution < -0.4 is 0 Å². The Morgan fingerprint density at radius 3 is 1.20 bits per heavy atom. The Balaban J connectivity index is 1.76. The third-order valence-corrected chi connectivity index (χ3v) is 6.00. The monoisotopic (exact) mass is 634 g/mol. The number of aryl methyl sites for hydroxylation is 1. The summed E-state index contributed by atoms with van der Waals surface area (Å²) < 4.78 is 67.6. The molecule has 0 fully saturated rings. The summed E-state index contributed by atoms with van der Waals surface area (Å²) in [5.74, 6) is 0. The van der Waals surface area contributed by atoms with E-state index in [9.17, 15) is 8.42 Å². The Morgan fingerprint density at radius 2 is 0.857 bits per heavy atom. The van der Waals surface area contributed by atoms with E-state index in [0.717, 1.165) is 16.6 Å². The minimum absolute atomic E-state index is 0.0491. The highest BCUT2D eigenvalue weighted by Gasteiger charge is 2.14. The van der Waals surface area contributed by atoms with Crippen molar-refractivity contribution < 1.29 is 45.8 Å². The van der Waals surface area contributed by atoms with Crippen LogP contribution in [0.25, 0.3) is 0 Å². The first-order valence-electron chi connectivity index (χ1n) is 11.6. The molecule has 12 heteroatoms. The first kappa shape index (κ1) is 32.6. The van der Waals surface area contributed by atoms with Gasteiger partial charge in [0.05, 0.1) is 104 Å². The minimum atomic E-state index is -3.76. The maximum Gasteiger partial charge on any atom is 0.297 e. The quantitative estimate of drug-likeness (QED) is 0.0688. The van der Waals surface area contributed by atoms with Crippen molar-refractivity contribution in [2.45, 2.75) is 11.8 Å². The summed E-state index contributed by atoms with van der Waals surface area (Å²) in [5.41, 5.74) is 0.980. The molecule has 0 heterocycles. The predicted octanol–water partition coefficient (Wildman–Crippen LogP) is 2.25. The molecule has 0 atom stereocenters. The summed E-state index contributed by atoms with van der Waals surface area (Å²) in [4.78, 5) is 0.134. The highest BCUT2D eigenvalue weighted by molar-refractivity contribution is 14.1. The second-order valence-corrected chi connectivity index (χ2v) is 9.76. The summed E-state index contributed by atoms with van der Waals surface area (Å²) in [6.45, 7) is 8.64. The van der Waals surface area contributed by atoms with Gasteiger partial charge in [-0.2, -0.15) is 8.42 Å². The van der Waals surface area contributed by atoms with Gasteiger partial charge in [-0.1, -0.05) is 40.3 Å². The van der Waals surface area contributed by atoms with Crippen LogP contribution in [0, 0.1) is 6.92 Å². The lowest BCUT2D eigenvalue weighted by Gasteiger charge is -2.09. The van der Waals surface area contributed by atoms with Gasteiger partial charge in [0.2, 0.25) is 0 Å². The Morgan fingerprint density at radius 1 is 0.543 bits per heavy atom. The zero-order valence-electron chi connectivity index (χ0n) is 20.5. The fraction of sp³-hybridized carbons (Fsp3) is 0.739. The largest absolute Gasteiger partial charge is 0.378 e. The number of hydrogen-bond acceptors (Lipinski definition) is 10. The Labute approximate surface area is 223 Å². The molecule has 35 heavy (non-hydrogen) atoms. The number of rotatable bonds is 25. The maximum absolute atomic E-state index is 12.0. The van der Waals surface area contributed by atoms with Crippen molar-refractivity contribution in [2.24, 2.45) is 0 Å². The number of alkyl halides is 1. The van der Waals surface area contributed by atoms with Crippen molar-refractivity contribution in [3.63, 3.8) is 0 Å². The van der Waals surface area contributed by atoms with Crippen molar-refractivity contribution in [3.05, 3.63) is 29.8 Å². The molecule has 0 aliphatic heterocycles. The molecule has 0 N–H and O–H groups in total. The molecule has 1 aromatic carbocycles. The summed E-state index contributed by atoms with van der Waals surface area (Å²) >= 11 is 2.27. The van der Waals surface area contributed by atoms with Crippen LogP contribution >= 0.6 is 22.6 Å². The molecule has 1 rings (SSSR count). The fourth-order valence-electron chi connectivity index (χ4n) is 2.45. The highest BCUT2D eigenvalue weighted by Crippen LogP contribution is 2.12. The molecule has 0 unspecified atom stereocenters. The van der Waals surface area contributed by atoms with E-state index < -0.39 is 10.1 Å². The molecule has 1 aromatic rings. The van der Waals surface area contributed by atoms with E-state index in [0.29, 0.717) is 79.3 Å². The second-order valence-electron chi connectivity index (χ2n) is 7.06. The zero-order chi connectivity index (χ0) is 25.5. The summed E-state index contributed by atoms with van der Waals surface area (Å²) in [7, 11) is -3.76. The van der Waals surface area contributed by atoms with Gasteiger partial charge in [0, 0.05) is 4.43 Å². The molecule has 0 aliphatic carbocycles. The Hall–Kier alpha value is -0.420. The smallest absolute Gasteiger partial charge is 0.297 e. The van der Waals surface area contributed by atoms with Gasteiger partial charge in [0.15, 0.2) is 0 Å². The number of ether oxygens (including phenoxy) is 7. The van der Waals surface area contributed by atoms with Crippen molar-refractivity contribution in [1.82, 2.24) is 0 Å². The maximum atomic E-state index is 12.0. The average molecular weight is 635 g/mol. The molecule has 0 radical (unpaired) electrons. The topological polar surface area (TPSA) is 108 Å². The van der Waals surface area contributed by atoms with Crippen LogP contribution in [0.2, 0.25) is 0 Å². The number of hydrogen-bond donors (Lipinski definition) is 0. The van der Waals surface area contributed by atoms with Crippen molar-refractivity contribution in [3.8, 4) is 0 Å². The molecule has 0 spiro atoms. The fourth-order valence-corrected chi connectivity index (χ4v) is 3.66. The molecule has 0 saturated carbocycles. The first-order valence-corrected chi connectivity index (χ1v) is 14.6. The van der Waals surface area contributed by atoms with Crippen LogP contribution in [0.3, 0.4) is 0 Å². The van der Waals surface area contributed by atoms with E-state index in [-0.39, 0.29) is 18.1 Å². The molecule has 204 valence electrons. The Bertz CT molecular complexity index is 703. The van der Waals surface area contributed by atoms with Crippen LogP contribution in [0.5, 0.6) is 0 Å². The minimum Gasteiger partial charge on any atom is -0.378 e. The van der Waals surface area contributed by atoms with Gasteiger partial charge in [-0.3, -0.25) is 4.18 Å². The van der Waals surface area contributed by atoms with Crippen molar-refractivity contribution in [1.29, 1.82) is 0 Å². The molecular formula is C23H39IO10S. The third-order valence-electron chi connectivity index (χ3n) is 4.23. The van der Waals surface area contributed by atoms with Crippen molar-refractivity contribution in [2.75, 3.05) is 104 Å². The van der Waals surface area contributed by atoms with Crippen LogP contribution in [0.4, 0.5) is 0 Å². The van der Waals surface area contributed by atoms with E-state index in [4.69, 9.17) is 37.3 Å². The van der Waals surface area contributed by atoms with Crippen LogP contribution in [0.1, 0.15) is 5.56 Å². The van der Waals surface area contributed by atoms with Gasteiger partial charge in [-0.05, 0) is 19.1 Å². The van der Waals surface area contributed by atoms with Gasteiger partial charge in [-0.25, -0.2) is 0 Å². The van der Waals surface area contributed by atoms with Crippen LogP contribution in [-0.4, -0.2) is 112 Å². The first-order chi connectivity index (χ1) is 17.1. The summed E-state index contributed by atoms with van der Waals surface area (Å²) in [5, 5.41) is 0. The standard InChI is InChI=1S/C23H39IO10S/c1-22-2-4-23(5-3-22)35(25,26)34-21-20-33-19-18-32-17-16-31-15-14-30-13-12-29-11-10-28-9-8-27-7-6-24/h2-5H,6-21H2,1H3. The second kappa shape index (κ2) is 22.8. The molecule has 0 aromatic heterocycles. The third kappa shape index (κ3) is 19.4. The van der Waals surface area contributed by atoms with Gasteiger partial charge in [0.1, 0.15) is 0 Å². The summed E-state index contributed by atoms with van der Waals surface area (Å²) in [6.07, 6.45) is 0. The SMILES string of the molecule is Cc1ccc(S(=O)(=O)OCCOCCOCCOCCOCCOCCOCCOCCI)cc1. The Kier molecular flexibility index (Phi) is 21.2. The molecule has 0 aliphatic rings. The van der Waals surface area contributed by atoms with Gasteiger partial charge >= 0.3 is 0 Å². The molecule has 0 amide bonds. The number of halogens is 1. The van der Waals surface area contributed by atoms with Gasteiger partial charge in [-0.15, -0.1) is 0 Å². The normalized spacial score (nSPS) is 11.8. The van der Waals surface area contributed by atoms with E-state index in [2.05, 4.69) is 22.6 Å². The number of benzene rings is 1. The van der Waals surface area contributed by atoms with Crippen molar-refractivity contribution >= 4 is 32.7 Å². The molecule has 10 nitrogen and oxygen atoms in total. The van der Waals surface area contributed by atoms with E-state index in [1.165, 1.54) is 12.1 Å². The zero-order valence-corrected chi connectivity index (χ0v) is 23.5. The van der Waals surface area contributed by atoms with Gasteiger partial charge in [0.25, 0.3) is 10.1 Å². The van der Waals surface area contributed by atoms with Crippen LogP contribution in [-0.2, 0) is 47.5 Å². The van der Waals surface area contributed by atoms with E-state index in [1.807, 2.05) is 6.92 Å². The summed E-state index contributed by atoms with van der Waals surface area (Å²) in [6, 6.07) is 6.49. The highest BCUT2D eigenvalue weighted by atomic mass is 127. The van der Waals surface area contributed by atoms with Gasteiger partial charge < -0.3 is 33.2 Å².